The van der Waals surface area contributed by atoms with Crippen LogP contribution in [0.4, 0.5) is 13.2 Å². The zero-order valence-electron chi connectivity index (χ0n) is 8.67. The molecule has 0 aromatic heterocycles. The topological polar surface area (TPSA) is 20.2 Å². The maximum absolute atomic E-state index is 12.4. The van der Waals surface area contributed by atoms with Crippen LogP contribution in [0.2, 0.25) is 0 Å². The average molecular weight is 230 g/mol. The third-order valence-electron chi connectivity index (χ3n) is 2.23. The van der Waals surface area contributed by atoms with Gasteiger partial charge in [-0.3, -0.25) is 0 Å². The zero-order valence-corrected chi connectivity index (χ0v) is 8.67. The highest BCUT2D eigenvalue weighted by Gasteiger charge is 2.32. The first-order valence-corrected chi connectivity index (χ1v) is 4.95. The van der Waals surface area contributed by atoms with Crippen molar-refractivity contribution >= 4 is 0 Å². The number of hydrogen-bond donors (Lipinski definition) is 1. The van der Waals surface area contributed by atoms with Gasteiger partial charge in [0.1, 0.15) is 0 Å². The van der Waals surface area contributed by atoms with E-state index in [1.165, 1.54) is 0 Å². The average Bonchev–Trinajstić information content (AvgIpc) is 2.24. The minimum atomic E-state index is -4.35. The van der Waals surface area contributed by atoms with Gasteiger partial charge < -0.3 is 5.11 Å². The Morgan fingerprint density at radius 2 is 1.81 bits per heavy atom. The minimum absolute atomic E-state index is 0.103. The molecular weight excluding hydrogens is 217 g/mol. The predicted octanol–water partition coefficient (Wildman–Crippen LogP) is 3.10. The van der Waals surface area contributed by atoms with Crippen molar-refractivity contribution in [1.29, 1.82) is 0 Å². The molecule has 0 saturated heterocycles. The largest absolute Gasteiger partial charge is 0.412 e. The van der Waals surface area contributed by atoms with Crippen molar-refractivity contribution in [3.8, 4) is 0 Å². The molecule has 0 amide bonds. The summed E-state index contributed by atoms with van der Waals surface area (Å²) in [6, 6.07) is 8.97. The van der Waals surface area contributed by atoms with Crippen LogP contribution >= 0.6 is 0 Å². The van der Waals surface area contributed by atoms with Gasteiger partial charge in [-0.15, -0.1) is 0 Å². The second-order valence-corrected chi connectivity index (χ2v) is 3.40. The van der Waals surface area contributed by atoms with Crippen molar-refractivity contribution < 1.29 is 18.3 Å². The van der Waals surface area contributed by atoms with E-state index in [4.69, 9.17) is 5.11 Å². The number of aryl methyl sites for hydroxylation is 1. The van der Waals surface area contributed by atoms with Crippen molar-refractivity contribution in [1.82, 2.24) is 0 Å². The number of alkyl halides is 3. The molecule has 0 spiro atoms. The standard InChI is InChI=1S/C12H13F3O/c13-12(14,15)11(8-9-16)7-6-10-4-2-1-3-5-10/h1-5,8,16H,6-7,9H2. The van der Waals surface area contributed by atoms with Gasteiger partial charge in [0.2, 0.25) is 0 Å². The molecule has 1 aromatic carbocycles. The number of halogens is 3. The van der Waals surface area contributed by atoms with E-state index in [0.717, 1.165) is 11.6 Å². The fourth-order valence-electron chi connectivity index (χ4n) is 1.39. The van der Waals surface area contributed by atoms with Gasteiger partial charge in [0, 0.05) is 5.57 Å². The van der Waals surface area contributed by atoms with Crippen LogP contribution in [0.3, 0.4) is 0 Å². The molecule has 0 fully saturated rings. The van der Waals surface area contributed by atoms with E-state index >= 15 is 0 Å². The van der Waals surface area contributed by atoms with Crippen LogP contribution in [0.5, 0.6) is 0 Å². The third-order valence-corrected chi connectivity index (χ3v) is 2.23. The summed E-state index contributed by atoms with van der Waals surface area (Å²) >= 11 is 0. The van der Waals surface area contributed by atoms with Gasteiger partial charge in [0.05, 0.1) is 6.61 Å². The Morgan fingerprint density at radius 1 is 1.19 bits per heavy atom. The number of allylic oxidation sites excluding steroid dienone is 1. The number of hydrogen-bond acceptors (Lipinski definition) is 1. The Morgan fingerprint density at radius 3 is 2.31 bits per heavy atom. The molecule has 0 heterocycles. The lowest BCUT2D eigenvalue weighted by atomic mass is 10.0. The second-order valence-electron chi connectivity index (χ2n) is 3.40. The maximum atomic E-state index is 12.4. The first-order chi connectivity index (χ1) is 7.54. The normalized spacial score (nSPS) is 12.9. The highest BCUT2D eigenvalue weighted by molar-refractivity contribution is 5.18. The molecule has 0 radical (unpaired) electrons. The molecule has 0 aliphatic heterocycles. The molecule has 1 nitrogen and oxygen atoms in total. The van der Waals surface area contributed by atoms with Crippen LogP contribution in [-0.4, -0.2) is 17.9 Å². The molecule has 0 saturated carbocycles. The molecule has 16 heavy (non-hydrogen) atoms. The highest BCUT2D eigenvalue weighted by Crippen LogP contribution is 2.28. The van der Waals surface area contributed by atoms with Crippen LogP contribution in [0.25, 0.3) is 0 Å². The Bertz CT molecular complexity index is 341. The Hall–Kier alpha value is -1.29. The van der Waals surface area contributed by atoms with Gasteiger partial charge in [-0.05, 0) is 18.4 Å². The first kappa shape index (κ1) is 12.8. The summed E-state index contributed by atoms with van der Waals surface area (Å²) in [4.78, 5) is 0. The summed E-state index contributed by atoms with van der Waals surface area (Å²) in [5.41, 5.74) is 0.189. The van der Waals surface area contributed by atoms with E-state index in [9.17, 15) is 13.2 Å². The SMILES string of the molecule is OCC=C(CCc1ccccc1)C(F)(F)F. The molecule has 0 bridgehead atoms. The van der Waals surface area contributed by atoms with Crippen molar-refractivity contribution in [2.75, 3.05) is 6.61 Å². The van der Waals surface area contributed by atoms with Crippen molar-refractivity contribution in [2.45, 2.75) is 19.0 Å². The molecule has 0 aliphatic carbocycles. The minimum Gasteiger partial charge on any atom is -0.392 e. The number of benzene rings is 1. The lowest BCUT2D eigenvalue weighted by Gasteiger charge is -2.11. The number of aliphatic hydroxyl groups excluding tert-OH is 1. The summed E-state index contributed by atoms with van der Waals surface area (Å²) in [5.74, 6) is 0. The maximum Gasteiger partial charge on any atom is 0.412 e. The lowest BCUT2D eigenvalue weighted by molar-refractivity contribution is -0.0944. The van der Waals surface area contributed by atoms with Crippen LogP contribution in [0.15, 0.2) is 42.0 Å². The van der Waals surface area contributed by atoms with E-state index in [1.807, 2.05) is 6.07 Å². The van der Waals surface area contributed by atoms with E-state index in [-0.39, 0.29) is 6.42 Å². The summed E-state index contributed by atoms with van der Waals surface area (Å²) < 4.78 is 37.3. The molecule has 1 rings (SSSR count). The van der Waals surface area contributed by atoms with Crippen LogP contribution in [0.1, 0.15) is 12.0 Å². The second kappa shape index (κ2) is 5.70. The first-order valence-electron chi connectivity index (χ1n) is 4.95. The molecule has 1 N–H and O–H groups in total. The smallest absolute Gasteiger partial charge is 0.392 e. The van der Waals surface area contributed by atoms with Crippen LogP contribution in [0, 0.1) is 0 Å². The van der Waals surface area contributed by atoms with E-state index in [1.54, 1.807) is 24.3 Å². The van der Waals surface area contributed by atoms with Crippen molar-refractivity contribution in [2.24, 2.45) is 0 Å². The Labute approximate surface area is 92.2 Å². The molecule has 0 atom stereocenters. The van der Waals surface area contributed by atoms with Gasteiger partial charge in [0.25, 0.3) is 0 Å². The quantitative estimate of drug-likeness (QED) is 0.788. The Kier molecular flexibility index (Phi) is 4.55. The summed E-state index contributed by atoms with van der Waals surface area (Å²) in [6.07, 6.45) is -3.30. The molecule has 88 valence electrons. The number of rotatable bonds is 4. The van der Waals surface area contributed by atoms with E-state index in [0.29, 0.717) is 6.42 Å². The lowest BCUT2D eigenvalue weighted by Crippen LogP contribution is -2.13. The van der Waals surface area contributed by atoms with E-state index < -0.39 is 18.4 Å². The highest BCUT2D eigenvalue weighted by atomic mass is 19.4. The summed E-state index contributed by atoms with van der Waals surface area (Å²) in [7, 11) is 0. The van der Waals surface area contributed by atoms with Crippen molar-refractivity contribution in [3.05, 3.63) is 47.5 Å². The molecule has 1 aromatic rings. The predicted molar refractivity (Wildman–Crippen MR) is 56.0 cm³/mol. The van der Waals surface area contributed by atoms with Gasteiger partial charge in [-0.25, -0.2) is 0 Å². The summed E-state index contributed by atoms with van der Waals surface area (Å²) in [6.45, 7) is -0.580. The fraction of sp³-hybridized carbons (Fsp3) is 0.333. The summed E-state index contributed by atoms with van der Waals surface area (Å²) in [5, 5.41) is 8.52. The van der Waals surface area contributed by atoms with Gasteiger partial charge >= 0.3 is 6.18 Å². The third kappa shape index (κ3) is 4.06. The van der Waals surface area contributed by atoms with Gasteiger partial charge in [-0.1, -0.05) is 36.4 Å². The monoisotopic (exact) mass is 230 g/mol. The number of aliphatic hydroxyl groups is 1. The van der Waals surface area contributed by atoms with Crippen LogP contribution < -0.4 is 0 Å². The molecule has 0 aliphatic rings. The Balaban J connectivity index is 2.62. The van der Waals surface area contributed by atoms with Gasteiger partial charge in [0.15, 0.2) is 0 Å². The van der Waals surface area contributed by atoms with Gasteiger partial charge in [-0.2, -0.15) is 13.2 Å². The van der Waals surface area contributed by atoms with E-state index in [2.05, 4.69) is 0 Å². The van der Waals surface area contributed by atoms with Crippen LogP contribution in [-0.2, 0) is 6.42 Å². The molecular formula is C12H13F3O. The molecule has 4 heteroatoms. The fourth-order valence-corrected chi connectivity index (χ4v) is 1.39. The zero-order chi connectivity index (χ0) is 12.0. The molecule has 0 unspecified atom stereocenters. The van der Waals surface area contributed by atoms with Crippen molar-refractivity contribution in [3.63, 3.8) is 0 Å².